The van der Waals surface area contributed by atoms with Crippen molar-refractivity contribution in [1.82, 2.24) is 5.32 Å². The van der Waals surface area contributed by atoms with E-state index in [1.807, 2.05) is 42.5 Å². The van der Waals surface area contributed by atoms with Crippen molar-refractivity contribution < 1.29 is 13.8 Å². The van der Waals surface area contributed by atoms with Crippen LogP contribution in [-0.2, 0) is 17.8 Å². The Hall–Kier alpha value is -2.92. The highest BCUT2D eigenvalue weighted by molar-refractivity contribution is 6.81. The summed E-state index contributed by atoms with van der Waals surface area (Å²) in [7, 11) is 0. The van der Waals surface area contributed by atoms with Crippen LogP contribution in [-0.4, -0.2) is 12.8 Å². The third kappa shape index (κ3) is 3.39. The first-order valence-corrected chi connectivity index (χ1v) is 8.53. The Labute approximate surface area is 151 Å². The fourth-order valence-corrected chi connectivity index (χ4v) is 3.18. The van der Waals surface area contributed by atoms with Crippen molar-refractivity contribution in [3.05, 3.63) is 95.3 Å². The van der Waals surface area contributed by atoms with Crippen molar-refractivity contribution in [3.63, 3.8) is 0 Å². The van der Waals surface area contributed by atoms with Gasteiger partial charge in [-0.1, -0.05) is 48.5 Å². The van der Waals surface area contributed by atoms with E-state index in [1.165, 1.54) is 12.1 Å². The monoisotopic (exact) mass is 345 g/mol. The summed E-state index contributed by atoms with van der Waals surface area (Å²) < 4.78 is 19.2. The topological polar surface area (TPSA) is 38.3 Å². The Morgan fingerprint density at radius 2 is 1.81 bits per heavy atom. The molecular formula is C21H17BFNO2. The number of hydrogen-bond acceptors (Lipinski definition) is 2. The Balaban J connectivity index is 1.43. The number of nitrogens with one attached hydrogen (secondary N) is 1. The summed E-state index contributed by atoms with van der Waals surface area (Å²) >= 11 is 0. The molecule has 4 rings (SSSR count). The molecule has 0 saturated carbocycles. The van der Waals surface area contributed by atoms with Gasteiger partial charge < -0.3 is 9.97 Å². The average molecular weight is 345 g/mol. The second-order valence-corrected chi connectivity index (χ2v) is 6.32. The van der Waals surface area contributed by atoms with Gasteiger partial charge in [0, 0.05) is 12.1 Å². The molecule has 0 fully saturated rings. The normalized spacial score (nSPS) is 12.7. The molecule has 0 unspecified atom stereocenters. The molecule has 3 nitrogen and oxygen atoms in total. The Morgan fingerprint density at radius 3 is 2.58 bits per heavy atom. The van der Waals surface area contributed by atoms with Gasteiger partial charge in [0.2, 0.25) is 0 Å². The number of carbonyl (C=O) groups excluding carboxylic acids is 1. The second-order valence-electron chi connectivity index (χ2n) is 6.32. The van der Waals surface area contributed by atoms with E-state index in [0.29, 0.717) is 18.7 Å². The van der Waals surface area contributed by atoms with E-state index >= 15 is 0 Å². The molecule has 1 amide bonds. The van der Waals surface area contributed by atoms with Gasteiger partial charge >= 0.3 is 6.92 Å². The zero-order chi connectivity index (χ0) is 17.9. The molecule has 0 saturated heterocycles. The van der Waals surface area contributed by atoms with Crippen molar-refractivity contribution >= 4 is 23.7 Å². The molecule has 1 N–H and O–H groups in total. The van der Waals surface area contributed by atoms with Crippen LogP contribution in [0.4, 0.5) is 4.39 Å². The standard InChI is InChI=1S/C21H17BFNO2/c23-19-10-11-20-17(12-19)14-26-22(20)18-8-6-15(7-9-18)13-24-21(25)16-4-2-1-3-5-16/h1-12H,13-14H2,(H,24,25). The largest absolute Gasteiger partial charge is 0.423 e. The highest BCUT2D eigenvalue weighted by Gasteiger charge is 2.30. The number of rotatable bonds is 4. The maximum absolute atomic E-state index is 13.3. The summed E-state index contributed by atoms with van der Waals surface area (Å²) in [5, 5.41) is 2.91. The predicted molar refractivity (Wildman–Crippen MR) is 100 cm³/mol. The molecule has 3 aromatic carbocycles. The van der Waals surface area contributed by atoms with Gasteiger partial charge in [0.1, 0.15) is 5.82 Å². The average Bonchev–Trinajstić information content (AvgIpc) is 3.10. The summed E-state index contributed by atoms with van der Waals surface area (Å²) in [6.45, 7) is 0.715. The molecule has 1 aliphatic rings. The van der Waals surface area contributed by atoms with Crippen molar-refractivity contribution in [3.8, 4) is 0 Å². The molecule has 0 bridgehead atoms. The van der Waals surface area contributed by atoms with Gasteiger partial charge in [-0.2, -0.15) is 0 Å². The molecule has 0 atom stereocenters. The van der Waals surface area contributed by atoms with Crippen LogP contribution in [0.25, 0.3) is 0 Å². The van der Waals surface area contributed by atoms with Crippen molar-refractivity contribution in [2.24, 2.45) is 0 Å². The predicted octanol–water partition coefficient (Wildman–Crippen LogP) is 2.39. The third-order valence-electron chi connectivity index (χ3n) is 4.56. The van der Waals surface area contributed by atoms with Crippen LogP contribution in [0.1, 0.15) is 21.5 Å². The van der Waals surface area contributed by atoms with Crippen LogP contribution in [0.5, 0.6) is 0 Å². The first-order chi connectivity index (χ1) is 12.7. The molecule has 0 spiro atoms. The molecule has 1 aliphatic heterocycles. The fourth-order valence-electron chi connectivity index (χ4n) is 3.18. The Morgan fingerprint density at radius 1 is 1.04 bits per heavy atom. The van der Waals surface area contributed by atoms with Crippen LogP contribution < -0.4 is 16.2 Å². The number of halogens is 1. The minimum absolute atomic E-state index is 0.0928. The quantitative estimate of drug-likeness (QED) is 0.738. The van der Waals surface area contributed by atoms with Gasteiger partial charge in [-0.25, -0.2) is 4.39 Å². The molecule has 0 aliphatic carbocycles. The number of hydrogen-bond donors (Lipinski definition) is 1. The molecule has 0 radical (unpaired) electrons. The number of benzene rings is 3. The summed E-state index contributed by atoms with van der Waals surface area (Å²) in [5.41, 5.74) is 4.59. The minimum Gasteiger partial charge on any atom is -0.423 e. The van der Waals surface area contributed by atoms with Crippen molar-refractivity contribution in [1.29, 1.82) is 0 Å². The highest BCUT2D eigenvalue weighted by Crippen LogP contribution is 2.13. The van der Waals surface area contributed by atoms with Crippen molar-refractivity contribution in [2.75, 3.05) is 0 Å². The minimum atomic E-state index is -0.238. The molecular weight excluding hydrogens is 328 g/mol. The van der Waals surface area contributed by atoms with Crippen LogP contribution >= 0.6 is 0 Å². The second kappa shape index (κ2) is 7.14. The summed E-state index contributed by atoms with van der Waals surface area (Å²) in [6, 6.07) is 21.9. The van der Waals surface area contributed by atoms with Gasteiger partial charge in [-0.05, 0) is 46.3 Å². The van der Waals surface area contributed by atoms with Crippen molar-refractivity contribution in [2.45, 2.75) is 13.2 Å². The van der Waals surface area contributed by atoms with Gasteiger partial charge in [-0.15, -0.1) is 0 Å². The van der Waals surface area contributed by atoms with Gasteiger partial charge in [0.05, 0.1) is 6.61 Å². The zero-order valence-electron chi connectivity index (χ0n) is 14.1. The van der Waals surface area contributed by atoms with E-state index in [9.17, 15) is 9.18 Å². The van der Waals surface area contributed by atoms with Crippen LogP contribution in [0.15, 0.2) is 72.8 Å². The van der Waals surface area contributed by atoms with E-state index in [1.54, 1.807) is 18.2 Å². The lowest BCUT2D eigenvalue weighted by molar-refractivity contribution is 0.0951. The van der Waals surface area contributed by atoms with E-state index in [4.69, 9.17) is 4.65 Å². The Bertz CT molecular complexity index is 929. The lowest BCUT2D eigenvalue weighted by atomic mass is 9.56. The van der Waals surface area contributed by atoms with Gasteiger partial charge in [0.25, 0.3) is 5.91 Å². The lowest BCUT2D eigenvalue weighted by Gasteiger charge is -2.09. The van der Waals surface area contributed by atoms with E-state index < -0.39 is 0 Å². The van der Waals surface area contributed by atoms with E-state index in [2.05, 4.69) is 5.32 Å². The molecule has 26 heavy (non-hydrogen) atoms. The highest BCUT2D eigenvalue weighted by atomic mass is 19.1. The SMILES string of the molecule is O=C(NCc1ccc(B2OCc3cc(F)ccc32)cc1)c1ccccc1. The van der Waals surface area contributed by atoms with Gasteiger partial charge in [0.15, 0.2) is 0 Å². The van der Waals surface area contributed by atoms with Gasteiger partial charge in [-0.3, -0.25) is 4.79 Å². The number of carbonyl (C=O) groups is 1. The number of fused-ring (bicyclic) bond motifs is 1. The van der Waals surface area contributed by atoms with E-state index in [-0.39, 0.29) is 18.6 Å². The lowest BCUT2D eigenvalue weighted by Crippen LogP contribution is -2.41. The first-order valence-electron chi connectivity index (χ1n) is 8.53. The fraction of sp³-hybridized carbons (Fsp3) is 0.0952. The molecule has 0 aromatic heterocycles. The maximum Gasteiger partial charge on any atom is 0.362 e. The molecule has 3 aromatic rings. The zero-order valence-corrected chi connectivity index (χ0v) is 14.1. The first kappa shape index (κ1) is 16.5. The number of amides is 1. The van der Waals surface area contributed by atoms with E-state index in [0.717, 1.165) is 22.1 Å². The van der Waals surface area contributed by atoms with Crippen LogP contribution in [0, 0.1) is 5.82 Å². The third-order valence-corrected chi connectivity index (χ3v) is 4.56. The molecule has 1 heterocycles. The molecule has 5 heteroatoms. The summed E-state index contributed by atoms with van der Waals surface area (Å²) in [6.07, 6.45) is 0. The maximum atomic E-state index is 13.3. The molecule has 128 valence electrons. The summed E-state index contributed by atoms with van der Waals surface area (Å²) in [4.78, 5) is 12.1. The van der Waals surface area contributed by atoms with Crippen LogP contribution in [0.2, 0.25) is 0 Å². The van der Waals surface area contributed by atoms with Crippen LogP contribution in [0.3, 0.4) is 0 Å². The smallest absolute Gasteiger partial charge is 0.362 e. The summed E-state index contributed by atoms with van der Waals surface area (Å²) in [5.74, 6) is -0.331. The Kier molecular flexibility index (Phi) is 4.54.